The van der Waals surface area contributed by atoms with E-state index < -0.39 is 0 Å². The largest absolute Gasteiger partial charge is 0.340 e. The molecule has 1 amide bonds. The van der Waals surface area contributed by atoms with E-state index in [0.29, 0.717) is 11.1 Å². The maximum Gasteiger partial charge on any atom is 0.326 e. The minimum absolute atomic E-state index is 0.210. The molecule has 0 bridgehead atoms. The summed E-state index contributed by atoms with van der Waals surface area (Å²) in [5.41, 5.74) is 3.34. The molecule has 0 spiro atoms. The molecule has 2 aromatic heterocycles. The zero-order chi connectivity index (χ0) is 18.8. The van der Waals surface area contributed by atoms with E-state index in [1.54, 1.807) is 31.4 Å². The van der Waals surface area contributed by atoms with Crippen molar-refractivity contribution < 1.29 is 4.79 Å². The zero-order valence-corrected chi connectivity index (χ0v) is 14.7. The van der Waals surface area contributed by atoms with Gasteiger partial charge in [0, 0.05) is 18.8 Å². The second-order valence-electron chi connectivity index (χ2n) is 6.29. The van der Waals surface area contributed by atoms with Gasteiger partial charge in [-0.3, -0.25) is 14.3 Å². The van der Waals surface area contributed by atoms with Crippen LogP contribution in [0.15, 0.2) is 77.7 Å². The Labute approximate surface area is 155 Å². The number of rotatable bonds is 4. The quantitative estimate of drug-likeness (QED) is 0.589. The number of pyridine rings is 1. The fourth-order valence-corrected chi connectivity index (χ4v) is 3.11. The summed E-state index contributed by atoms with van der Waals surface area (Å²) in [7, 11) is 1.69. The SMILES string of the molecule is Cn1c(=O)[nH]c2cc(C(=O)N[C@@H](c3ccccc3)c3ccccn3)ccc21. The van der Waals surface area contributed by atoms with Crippen molar-refractivity contribution in [2.75, 3.05) is 0 Å². The number of hydrogen-bond acceptors (Lipinski definition) is 3. The van der Waals surface area contributed by atoms with Gasteiger partial charge in [0.05, 0.1) is 22.8 Å². The van der Waals surface area contributed by atoms with Gasteiger partial charge in [-0.15, -0.1) is 0 Å². The standard InChI is InChI=1S/C21H18N4O2/c1-25-18-11-10-15(13-17(18)23-21(25)27)20(26)24-19(14-7-3-2-4-8-14)16-9-5-6-12-22-16/h2-13,19H,1H3,(H,23,27)(H,24,26)/t19-/m0/s1. The van der Waals surface area contributed by atoms with Crippen molar-refractivity contribution in [2.24, 2.45) is 7.05 Å². The van der Waals surface area contributed by atoms with Crippen molar-refractivity contribution in [1.82, 2.24) is 19.9 Å². The van der Waals surface area contributed by atoms with Gasteiger partial charge in [-0.1, -0.05) is 36.4 Å². The van der Waals surface area contributed by atoms with Crippen LogP contribution in [0.4, 0.5) is 0 Å². The van der Waals surface area contributed by atoms with E-state index >= 15 is 0 Å². The summed E-state index contributed by atoms with van der Waals surface area (Å²) in [5, 5.41) is 3.05. The summed E-state index contributed by atoms with van der Waals surface area (Å²) in [6, 6.07) is 20.1. The molecule has 2 N–H and O–H groups in total. The second-order valence-corrected chi connectivity index (χ2v) is 6.29. The highest BCUT2D eigenvalue weighted by atomic mass is 16.2. The van der Waals surface area contributed by atoms with Gasteiger partial charge in [0.1, 0.15) is 0 Å². The predicted molar refractivity (Wildman–Crippen MR) is 104 cm³/mol. The average molecular weight is 358 g/mol. The van der Waals surface area contributed by atoms with Crippen LogP contribution in [0, 0.1) is 0 Å². The van der Waals surface area contributed by atoms with Crippen LogP contribution in [-0.2, 0) is 7.05 Å². The monoisotopic (exact) mass is 358 g/mol. The van der Waals surface area contributed by atoms with Crippen LogP contribution >= 0.6 is 0 Å². The number of nitrogens with zero attached hydrogens (tertiary/aromatic N) is 2. The van der Waals surface area contributed by atoms with Crippen LogP contribution in [0.2, 0.25) is 0 Å². The summed E-state index contributed by atoms with van der Waals surface area (Å²) in [4.78, 5) is 31.8. The Hall–Kier alpha value is -3.67. The number of aromatic nitrogens is 3. The number of nitrogens with one attached hydrogen (secondary N) is 2. The molecule has 0 saturated carbocycles. The van der Waals surface area contributed by atoms with Crippen LogP contribution in [0.3, 0.4) is 0 Å². The van der Waals surface area contributed by atoms with E-state index in [1.165, 1.54) is 4.57 Å². The molecule has 2 heterocycles. The first-order chi connectivity index (χ1) is 13.1. The molecular weight excluding hydrogens is 340 g/mol. The molecule has 4 rings (SSSR count). The number of fused-ring (bicyclic) bond motifs is 1. The first-order valence-electron chi connectivity index (χ1n) is 8.59. The third-order valence-corrected chi connectivity index (χ3v) is 4.56. The lowest BCUT2D eigenvalue weighted by molar-refractivity contribution is 0.0942. The highest BCUT2D eigenvalue weighted by Crippen LogP contribution is 2.21. The van der Waals surface area contributed by atoms with E-state index in [9.17, 15) is 9.59 Å². The Morgan fingerprint density at radius 3 is 2.59 bits per heavy atom. The van der Waals surface area contributed by atoms with E-state index in [2.05, 4.69) is 15.3 Å². The van der Waals surface area contributed by atoms with Gasteiger partial charge < -0.3 is 10.3 Å². The van der Waals surface area contributed by atoms with E-state index in [0.717, 1.165) is 16.8 Å². The van der Waals surface area contributed by atoms with Crippen LogP contribution in [0.25, 0.3) is 11.0 Å². The number of hydrogen-bond donors (Lipinski definition) is 2. The van der Waals surface area contributed by atoms with Crippen molar-refractivity contribution in [2.45, 2.75) is 6.04 Å². The molecule has 0 aliphatic rings. The number of benzene rings is 2. The normalized spacial score (nSPS) is 12.0. The molecule has 0 radical (unpaired) electrons. The number of imidazole rings is 1. The number of carbonyl (C=O) groups is 1. The molecule has 0 unspecified atom stereocenters. The van der Waals surface area contributed by atoms with Crippen LogP contribution in [0.5, 0.6) is 0 Å². The molecule has 6 nitrogen and oxygen atoms in total. The van der Waals surface area contributed by atoms with Gasteiger partial charge in [0.25, 0.3) is 5.91 Å². The third kappa shape index (κ3) is 3.25. The second kappa shape index (κ2) is 6.92. The number of aromatic amines is 1. The van der Waals surface area contributed by atoms with E-state index in [-0.39, 0.29) is 17.6 Å². The molecule has 134 valence electrons. The van der Waals surface area contributed by atoms with Gasteiger partial charge in [0.15, 0.2) is 0 Å². The fraction of sp³-hybridized carbons (Fsp3) is 0.0952. The van der Waals surface area contributed by atoms with Crippen LogP contribution in [0.1, 0.15) is 27.7 Å². The fourth-order valence-electron chi connectivity index (χ4n) is 3.11. The number of aryl methyl sites for hydroxylation is 1. The first-order valence-corrected chi connectivity index (χ1v) is 8.59. The number of carbonyl (C=O) groups excluding carboxylic acids is 1. The van der Waals surface area contributed by atoms with Gasteiger partial charge in [-0.2, -0.15) is 0 Å². The molecule has 2 aromatic carbocycles. The third-order valence-electron chi connectivity index (χ3n) is 4.56. The Bertz CT molecular complexity index is 1110. The molecular formula is C21H18N4O2. The van der Waals surface area contributed by atoms with Crippen molar-refractivity contribution in [1.29, 1.82) is 0 Å². The topological polar surface area (TPSA) is 79.8 Å². The average Bonchev–Trinajstić information content (AvgIpc) is 3.00. The predicted octanol–water partition coefficient (Wildman–Crippen LogP) is 2.78. The molecule has 4 aromatic rings. The number of amides is 1. The summed E-state index contributed by atoms with van der Waals surface area (Å²) in [6.45, 7) is 0. The highest BCUT2D eigenvalue weighted by Gasteiger charge is 2.19. The lowest BCUT2D eigenvalue weighted by atomic mass is 10.0. The van der Waals surface area contributed by atoms with Crippen molar-refractivity contribution >= 4 is 16.9 Å². The summed E-state index contributed by atoms with van der Waals surface area (Å²) in [6.07, 6.45) is 1.71. The van der Waals surface area contributed by atoms with Crippen molar-refractivity contribution in [3.63, 3.8) is 0 Å². The Morgan fingerprint density at radius 2 is 1.85 bits per heavy atom. The van der Waals surface area contributed by atoms with Gasteiger partial charge in [-0.25, -0.2) is 4.79 Å². The minimum Gasteiger partial charge on any atom is -0.340 e. The van der Waals surface area contributed by atoms with E-state index in [4.69, 9.17) is 0 Å². The highest BCUT2D eigenvalue weighted by molar-refractivity contribution is 5.97. The molecule has 0 fully saturated rings. The lowest BCUT2D eigenvalue weighted by Crippen LogP contribution is -2.29. The summed E-state index contributed by atoms with van der Waals surface area (Å²) in [5.74, 6) is -0.235. The van der Waals surface area contributed by atoms with Crippen LogP contribution in [-0.4, -0.2) is 20.4 Å². The van der Waals surface area contributed by atoms with Gasteiger partial charge in [0.2, 0.25) is 0 Å². The molecule has 0 aliphatic heterocycles. The molecule has 0 saturated heterocycles. The Kier molecular flexibility index (Phi) is 4.30. The van der Waals surface area contributed by atoms with Gasteiger partial charge in [-0.05, 0) is 35.9 Å². The van der Waals surface area contributed by atoms with Gasteiger partial charge >= 0.3 is 5.69 Å². The maximum absolute atomic E-state index is 12.9. The maximum atomic E-state index is 12.9. The van der Waals surface area contributed by atoms with E-state index in [1.807, 2.05) is 48.5 Å². The van der Waals surface area contributed by atoms with Crippen molar-refractivity contribution in [3.05, 3.63) is 100 Å². The molecule has 6 heteroatoms. The smallest absolute Gasteiger partial charge is 0.326 e. The first kappa shape index (κ1) is 16.8. The Morgan fingerprint density at radius 1 is 1.07 bits per heavy atom. The molecule has 0 aliphatic carbocycles. The minimum atomic E-state index is -0.370. The summed E-state index contributed by atoms with van der Waals surface area (Å²) >= 11 is 0. The summed E-state index contributed by atoms with van der Waals surface area (Å²) < 4.78 is 1.51. The number of H-pyrrole nitrogens is 1. The molecule has 1 atom stereocenters. The Balaban J connectivity index is 1.69. The zero-order valence-electron chi connectivity index (χ0n) is 14.7. The lowest BCUT2D eigenvalue weighted by Gasteiger charge is -2.19. The molecule has 27 heavy (non-hydrogen) atoms. The van der Waals surface area contributed by atoms with Crippen LogP contribution < -0.4 is 11.0 Å². The van der Waals surface area contributed by atoms with Crippen molar-refractivity contribution in [3.8, 4) is 0 Å².